The van der Waals surface area contributed by atoms with Crippen LogP contribution in [-0.2, 0) is 13.6 Å². The Labute approximate surface area is 167 Å². The summed E-state index contributed by atoms with van der Waals surface area (Å²) in [6.07, 6.45) is 0. The summed E-state index contributed by atoms with van der Waals surface area (Å²) < 4.78 is 3.28. The molecule has 4 aromatic rings. The lowest BCUT2D eigenvalue weighted by Crippen LogP contribution is -2.28. The quantitative estimate of drug-likeness (QED) is 0.459. The van der Waals surface area contributed by atoms with E-state index in [0.717, 1.165) is 17.0 Å². The number of aliphatic hydroxyl groups excluding tert-OH is 1. The third-order valence-corrected chi connectivity index (χ3v) is 4.70. The molecule has 3 N–H and O–H groups in total. The summed E-state index contributed by atoms with van der Waals surface area (Å²) >= 11 is 0. The largest absolute Gasteiger partial charge is 0.394 e. The molecule has 0 aliphatic heterocycles. The van der Waals surface area contributed by atoms with Gasteiger partial charge in [0.1, 0.15) is 11.2 Å². The molecule has 0 bridgehead atoms. The van der Waals surface area contributed by atoms with Gasteiger partial charge in [-0.25, -0.2) is 9.78 Å². The zero-order valence-electron chi connectivity index (χ0n) is 16.5. The molecular weight excluding hydrogens is 370 g/mol. The number of fused-ring (bicyclic) bond motifs is 1. The fraction of sp³-hybridized carbons (Fsp3) is 0.300. The van der Waals surface area contributed by atoms with Gasteiger partial charge in [-0.1, -0.05) is 30.3 Å². The van der Waals surface area contributed by atoms with Crippen molar-refractivity contribution in [1.82, 2.24) is 29.3 Å². The van der Waals surface area contributed by atoms with E-state index in [2.05, 4.69) is 20.4 Å². The number of imidazole rings is 1. The van der Waals surface area contributed by atoms with Crippen LogP contribution in [0.25, 0.3) is 22.7 Å². The standard InChI is InChI=1S/C20H23N7O2/c1-12-9-15(26(3)25-12)17-22-16-18(21-13(2)11-28)24-20(29)27(19(16)23-17)10-14-7-5-4-6-8-14/h4-9,13,28H,10-11H2,1-3H3,(H,22,23)(H,21,24,29). The van der Waals surface area contributed by atoms with Crippen molar-refractivity contribution < 1.29 is 5.11 Å². The van der Waals surface area contributed by atoms with Crippen molar-refractivity contribution in [3.63, 3.8) is 0 Å². The van der Waals surface area contributed by atoms with Crippen molar-refractivity contribution in [2.24, 2.45) is 7.05 Å². The highest BCUT2D eigenvalue weighted by Crippen LogP contribution is 2.24. The predicted molar refractivity (Wildman–Crippen MR) is 111 cm³/mol. The molecule has 9 heteroatoms. The van der Waals surface area contributed by atoms with Crippen molar-refractivity contribution in [2.75, 3.05) is 11.9 Å². The Kier molecular flexibility index (Phi) is 4.89. The van der Waals surface area contributed by atoms with E-state index < -0.39 is 5.69 Å². The Morgan fingerprint density at radius 1 is 1.24 bits per heavy atom. The minimum absolute atomic E-state index is 0.0851. The van der Waals surface area contributed by atoms with Gasteiger partial charge in [-0.2, -0.15) is 10.1 Å². The van der Waals surface area contributed by atoms with Gasteiger partial charge in [-0.15, -0.1) is 0 Å². The smallest absolute Gasteiger partial charge is 0.351 e. The maximum atomic E-state index is 12.8. The summed E-state index contributed by atoms with van der Waals surface area (Å²) in [7, 11) is 1.85. The van der Waals surface area contributed by atoms with Crippen LogP contribution in [0.2, 0.25) is 0 Å². The molecule has 4 rings (SSSR count). The maximum Gasteiger partial charge on any atom is 0.351 e. The molecule has 150 valence electrons. The molecule has 0 saturated carbocycles. The minimum Gasteiger partial charge on any atom is -0.394 e. The third kappa shape index (κ3) is 3.64. The van der Waals surface area contributed by atoms with Crippen molar-refractivity contribution in [3.05, 3.63) is 58.1 Å². The molecule has 1 unspecified atom stereocenters. The Balaban J connectivity index is 1.91. The van der Waals surface area contributed by atoms with E-state index in [-0.39, 0.29) is 12.6 Å². The average Bonchev–Trinajstić information content (AvgIpc) is 3.28. The van der Waals surface area contributed by atoms with Crippen molar-refractivity contribution in [2.45, 2.75) is 26.4 Å². The van der Waals surface area contributed by atoms with E-state index >= 15 is 0 Å². The number of rotatable bonds is 6. The summed E-state index contributed by atoms with van der Waals surface area (Å²) in [5.74, 6) is 0.963. The molecule has 1 aromatic carbocycles. The monoisotopic (exact) mass is 393 g/mol. The molecule has 0 amide bonds. The second-order valence-electron chi connectivity index (χ2n) is 7.12. The van der Waals surface area contributed by atoms with Crippen LogP contribution in [-0.4, -0.2) is 47.1 Å². The van der Waals surface area contributed by atoms with E-state index in [0.29, 0.717) is 29.4 Å². The lowest BCUT2D eigenvalue weighted by molar-refractivity contribution is 0.281. The lowest BCUT2D eigenvalue weighted by Gasteiger charge is -2.13. The van der Waals surface area contributed by atoms with E-state index in [1.807, 2.05) is 57.3 Å². The van der Waals surface area contributed by atoms with Crippen molar-refractivity contribution in [3.8, 4) is 11.5 Å². The lowest BCUT2D eigenvalue weighted by atomic mass is 10.2. The first-order chi connectivity index (χ1) is 14.0. The predicted octanol–water partition coefficient (Wildman–Crippen LogP) is 1.67. The van der Waals surface area contributed by atoms with Crippen LogP contribution in [0.1, 0.15) is 18.2 Å². The van der Waals surface area contributed by atoms with E-state index in [1.54, 1.807) is 9.25 Å². The first kappa shape index (κ1) is 18.9. The Bertz CT molecular complexity index is 1210. The highest BCUT2D eigenvalue weighted by atomic mass is 16.3. The molecule has 0 saturated heterocycles. The van der Waals surface area contributed by atoms with Gasteiger partial charge in [0.2, 0.25) is 0 Å². The normalized spacial score (nSPS) is 12.4. The second kappa shape index (κ2) is 7.51. The average molecular weight is 393 g/mol. The first-order valence-corrected chi connectivity index (χ1v) is 9.39. The number of anilines is 1. The summed E-state index contributed by atoms with van der Waals surface area (Å²) in [5, 5.41) is 16.9. The highest BCUT2D eigenvalue weighted by molar-refractivity contribution is 5.85. The zero-order chi connectivity index (χ0) is 20.5. The number of benzene rings is 1. The van der Waals surface area contributed by atoms with Crippen LogP contribution < -0.4 is 11.0 Å². The molecule has 0 fully saturated rings. The van der Waals surface area contributed by atoms with Gasteiger partial charge < -0.3 is 15.4 Å². The number of aryl methyl sites for hydroxylation is 2. The number of H-pyrrole nitrogens is 1. The first-order valence-electron chi connectivity index (χ1n) is 9.39. The Hall–Kier alpha value is -3.46. The fourth-order valence-corrected chi connectivity index (χ4v) is 3.27. The van der Waals surface area contributed by atoms with E-state index in [1.165, 1.54) is 0 Å². The molecule has 0 spiro atoms. The Morgan fingerprint density at radius 2 is 2.00 bits per heavy atom. The van der Waals surface area contributed by atoms with Gasteiger partial charge in [-0.3, -0.25) is 9.25 Å². The fourth-order valence-electron chi connectivity index (χ4n) is 3.27. The van der Waals surface area contributed by atoms with Gasteiger partial charge in [0.15, 0.2) is 17.3 Å². The molecular formula is C20H23N7O2. The van der Waals surface area contributed by atoms with Crippen LogP contribution in [0.4, 0.5) is 5.82 Å². The van der Waals surface area contributed by atoms with Crippen molar-refractivity contribution in [1.29, 1.82) is 0 Å². The zero-order valence-corrected chi connectivity index (χ0v) is 16.5. The third-order valence-electron chi connectivity index (χ3n) is 4.70. The molecule has 0 aliphatic carbocycles. The molecule has 29 heavy (non-hydrogen) atoms. The summed E-state index contributed by atoms with van der Waals surface area (Å²) in [6.45, 7) is 3.99. The van der Waals surface area contributed by atoms with Gasteiger partial charge in [0.05, 0.1) is 18.8 Å². The van der Waals surface area contributed by atoms with E-state index in [9.17, 15) is 9.90 Å². The van der Waals surface area contributed by atoms with Crippen LogP contribution >= 0.6 is 0 Å². The van der Waals surface area contributed by atoms with Crippen LogP contribution in [0, 0.1) is 6.92 Å². The topological polar surface area (TPSA) is 114 Å². The molecule has 0 aliphatic rings. The molecule has 9 nitrogen and oxygen atoms in total. The van der Waals surface area contributed by atoms with Gasteiger partial charge >= 0.3 is 5.69 Å². The van der Waals surface area contributed by atoms with Crippen molar-refractivity contribution >= 4 is 17.0 Å². The van der Waals surface area contributed by atoms with Gasteiger partial charge in [0, 0.05) is 13.1 Å². The number of aliphatic hydroxyl groups is 1. The van der Waals surface area contributed by atoms with Crippen LogP contribution in [0.5, 0.6) is 0 Å². The molecule has 3 heterocycles. The Morgan fingerprint density at radius 3 is 2.66 bits per heavy atom. The number of hydrogen-bond donors (Lipinski definition) is 3. The number of aromatic amines is 1. The summed E-state index contributed by atoms with van der Waals surface area (Å²) in [5.41, 5.74) is 3.34. The summed E-state index contributed by atoms with van der Waals surface area (Å²) in [4.78, 5) is 25.0. The number of nitrogens with one attached hydrogen (secondary N) is 2. The molecule has 1 atom stereocenters. The number of nitrogens with zero attached hydrogens (tertiary/aromatic N) is 5. The second-order valence-corrected chi connectivity index (χ2v) is 7.12. The summed E-state index contributed by atoms with van der Waals surface area (Å²) in [6, 6.07) is 11.4. The van der Waals surface area contributed by atoms with Gasteiger partial charge in [0.25, 0.3) is 0 Å². The minimum atomic E-state index is -0.409. The highest BCUT2D eigenvalue weighted by Gasteiger charge is 2.19. The maximum absolute atomic E-state index is 12.8. The molecule has 3 aromatic heterocycles. The van der Waals surface area contributed by atoms with E-state index in [4.69, 9.17) is 4.98 Å². The SMILES string of the molecule is Cc1cc(-c2nc3c([nH]2)c(NC(C)CO)nc(=O)n3Cc2ccccc2)n(C)n1. The van der Waals surface area contributed by atoms with Crippen LogP contribution in [0.3, 0.4) is 0 Å². The number of aromatic nitrogens is 6. The van der Waals surface area contributed by atoms with Crippen LogP contribution in [0.15, 0.2) is 41.2 Å². The molecule has 0 radical (unpaired) electrons. The number of hydrogen-bond acceptors (Lipinski definition) is 6. The van der Waals surface area contributed by atoms with Gasteiger partial charge in [-0.05, 0) is 25.5 Å².